The van der Waals surface area contributed by atoms with Gasteiger partial charge in [0, 0.05) is 0 Å². The van der Waals surface area contributed by atoms with E-state index in [1.807, 2.05) is 4.72 Å². The number of hydrogen-bond acceptors (Lipinski definition) is 5. The Kier molecular flexibility index (Phi) is 4.01. The van der Waals surface area contributed by atoms with Crippen LogP contribution in [-0.4, -0.2) is 29.7 Å². The number of aromatic hydroxyl groups is 1. The molecule has 0 unspecified atom stereocenters. The minimum absolute atomic E-state index is 0.0244. The fourth-order valence-electron chi connectivity index (χ4n) is 2.46. The summed E-state index contributed by atoms with van der Waals surface area (Å²) < 4.78 is 26.5. The highest BCUT2D eigenvalue weighted by Crippen LogP contribution is 2.35. The van der Waals surface area contributed by atoms with Crippen molar-refractivity contribution in [1.82, 2.24) is 4.72 Å². The van der Waals surface area contributed by atoms with Crippen molar-refractivity contribution in [3.63, 3.8) is 0 Å². The number of nitrogens with zero attached hydrogens (tertiary/aromatic N) is 1. The highest BCUT2D eigenvalue weighted by atomic mass is 32.2. The van der Waals surface area contributed by atoms with E-state index in [0.717, 1.165) is 10.5 Å². The van der Waals surface area contributed by atoms with Crippen molar-refractivity contribution in [1.29, 1.82) is 0 Å². The summed E-state index contributed by atoms with van der Waals surface area (Å²) in [6, 6.07) is 11.1. The van der Waals surface area contributed by atoms with Gasteiger partial charge in [-0.1, -0.05) is 30.3 Å². The molecule has 0 bridgehead atoms. The molecule has 0 spiro atoms. The van der Waals surface area contributed by atoms with Crippen LogP contribution in [0.15, 0.2) is 54.5 Å². The summed E-state index contributed by atoms with van der Waals surface area (Å²) >= 11 is 0. The highest BCUT2D eigenvalue weighted by molar-refractivity contribution is 7.91. The number of aliphatic carboxylic acids is 1. The molecule has 2 aromatic rings. The smallest absolute Gasteiger partial charge is 0.330 e. The molecule has 130 valence electrons. The molecule has 0 radical (unpaired) electrons. The zero-order chi connectivity index (χ0) is 18.2. The third kappa shape index (κ3) is 3.36. The van der Waals surface area contributed by atoms with Gasteiger partial charge in [0.15, 0.2) is 0 Å². The number of benzene rings is 2. The van der Waals surface area contributed by atoms with E-state index < -0.39 is 22.1 Å². The van der Waals surface area contributed by atoms with Crippen molar-refractivity contribution in [2.24, 2.45) is 0 Å². The maximum Gasteiger partial charge on any atom is 0.330 e. The molecule has 0 saturated carbocycles. The van der Waals surface area contributed by atoms with E-state index in [1.54, 1.807) is 30.3 Å². The van der Waals surface area contributed by atoms with Crippen LogP contribution in [0, 0.1) is 0 Å². The number of carbonyl (C=O) groups is 1. The van der Waals surface area contributed by atoms with E-state index in [4.69, 9.17) is 5.11 Å². The molecule has 8 nitrogen and oxygen atoms in total. The summed E-state index contributed by atoms with van der Waals surface area (Å²) in [4.78, 5) is 10.7. The predicted molar refractivity (Wildman–Crippen MR) is 90.1 cm³/mol. The van der Waals surface area contributed by atoms with Gasteiger partial charge in [-0.2, -0.15) is 8.42 Å². The lowest BCUT2D eigenvalue weighted by molar-refractivity contribution is -0.136. The quantitative estimate of drug-likeness (QED) is 0.655. The summed E-state index contributed by atoms with van der Waals surface area (Å²) in [6.07, 6.45) is 0.854. The minimum Gasteiger partial charge on any atom is -0.506 e. The van der Waals surface area contributed by atoms with Crippen LogP contribution in [0.5, 0.6) is 5.75 Å². The van der Waals surface area contributed by atoms with Crippen LogP contribution >= 0.6 is 0 Å². The van der Waals surface area contributed by atoms with Gasteiger partial charge >= 0.3 is 16.2 Å². The molecule has 0 amide bonds. The number of rotatable bonds is 4. The Balaban J connectivity index is 1.98. The zero-order valence-electron chi connectivity index (χ0n) is 12.7. The van der Waals surface area contributed by atoms with Crippen LogP contribution < -0.4 is 9.03 Å². The van der Waals surface area contributed by atoms with Gasteiger partial charge in [-0.3, -0.25) is 4.79 Å². The van der Waals surface area contributed by atoms with Crippen LogP contribution in [0.1, 0.15) is 5.56 Å². The van der Waals surface area contributed by atoms with E-state index in [1.165, 1.54) is 12.1 Å². The fourth-order valence-corrected chi connectivity index (χ4v) is 3.52. The monoisotopic (exact) mass is 362 g/mol. The van der Waals surface area contributed by atoms with Gasteiger partial charge in [-0.25, -0.2) is 9.03 Å². The van der Waals surface area contributed by atoms with Gasteiger partial charge in [0.05, 0.1) is 12.6 Å². The summed E-state index contributed by atoms with van der Waals surface area (Å²) in [5, 5.41) is 28.2. The molecule has 9 heteroatoms. The maximum absolute atomic E-state index is 12.0. The second-order valence-corrected chi connectivity index (χ2v) is 6.94. The number of phenolic OH excluding ortho intramolecular Hbond substituents is 1. The standard InChI is InChI=1S/C16H14N2O6S/c19-14-6-5-12(11-3-1-10(2-4-11)7-16(21)22)8-13(14)18-9-15(20)17-25(18,23)24/h1-6,8-9,17,19-20H,7H2,(H,21,22). The van der Waals surface area contributed by atoms with E-state index in [0.29, 0.717) is 16.7 Å². The predicted octanol–water partition coefficient (Wildman–Crippen LogP) is 1.70. The largest absolute Gasteiger partial charge is 0.506 e. The first-order valence-electron chi connectivity index (χ1n) is 7.13. The summed E-state index contributed by atoms with van der Waals surface area (Å²) in [5.74, 6) is -1.76. The van der Waals surface area contributed by atoms with Gasteiger partial charge < -0.3 is 15.3 Å². The number of nitrogens with one attached hydrogen (secondary N) is 1. The second-order valence-electron chi connectivity index (χ2n) is 5.39. The van der Waals surface area contributed by atoms with Crippen molar-refractivity contribution in [3.8, 4) is 16.9 Å². The molecule has 0 saturated heterocycles. The lowest BCUT2D eigenvalue weighted by Crippen LogP contribution is -2.29. The number of anilines is 1. The van der Waals surface area contributed by atoms with E-state index in [9.17, 15) is 23.4 Å². The Hall–Kier alpha value is -3.20. The van der Waals surface area contributed by atoms with Gasteiger partial charge in [-0.15, -0.1) is 0 Å². The number of aliphatic hydroxyl groups is 1. The van der Waals surface area contributed by atoms with Crippen LogP contribution in [0.2, 0.25) is 0 Å². The Morgan fingerprint density at radius 1 is 1.04 bits per heavy atom. The van der Waals surface area contributed by atoms with Gasteiger partial charge in [-0.05, 0) is 28.8 Å². The molecule has 0 aliphatic carbocycles. The van der Waals surface area contributed by atoms with Crippen LogP contribution in [0.4, 0.5) is 5.69 Å². The first kappa shape index (κ1) is 16.7. The number of hydrogen-bond donors (Lipinski definition) is 4. The van der Waals surface area contributed by atoms with Crippen molar-refractivity contribution >= 4 is 21.9 Å². The Labute approximate surface area is 143 Å². The molecule has 25 heavy (non-hydrogen) atoms. The highest BCUT2D eigenvalue weighted by Gasteiger charge is 2.30. The zero-order valence-corrected chi connectivity index (χ0v) is 13.6. The second kappa shape index (κ2) is 6.02. The molecule has 1 aliphatic rings. The van der Waals surface area contributed by atoms with Crippen molar-refractivity contribution in [2.75, 3.05) is 4.31 Å². The summed E-state index contributed by atoms with van der Waals surface area (Å²) in [5.41, 5.74) is 1.94. The lowest BCUT2D eigenvalue weighted by Gasteiger charge is -2.16. The molecule has 0 atom stereocenters. The third-order valence-corrected chi connectivity index (χ3v) is 4.87. The summed E-state index contributed by atoms with van der Waals surface area (Å²) in [7, 11) is -4.02. The van der Waals surface area contributed by atoms with Crippen LogP contribution in [0.3, 0.4) is 0 Å². The molecule has 0 aromatic heterocycles. The van der Waals surface area contributed by atoms with Crippen molar-refractivity contribution in [3.05, 3.63) is 60.1 Å². The van der Waals surface area contributed by atoms with Crippen LogP contribution in [0.25, 0.3) is 11.1 Å². The average Bonchev–Trinajstić information content (AvgIpc) is 2.80. The van der Waals surface area contributed by atoms with E-state index >= 15 is 0 Å². The maximum atomic E-state index is 12.0. The molecule has 4 N–H and O–H groups in total. The Bertz CT molecular complexity index is 967. The van der Waals surface area contributed by atoms with Crippen molar-refractivity contribution in [2.45, 2.75) is 6.42 Å². The number of aliphatic hydroxyl groups excluding tert-OH is 1. The molecule has 0 fully saturated rings. The fraction of sp³-hybridized carbons (Fsp3) is 0.0625. The van der Waals surface area contributed by atoms with Gasteiger partial charge in [0.1, 0.15) is 11.4 Å². The third-order valence-electron chi connectivity index (χ3n) is 3.59. The van der Waals surface area contributed by atoms with E-state index in [2.05, 4.69) is 0 Å². The SMILES string of the molecule is O=C(O)Cc1ccc(-c2ccc(O)c(N3C=C(O)NS3(=O)=O)c2)cc1. The number of carboxylic acid groups (broad SMARTS) is 1. The Morgan fingerprint density at radius 2 is 1.68 bits per heavy atom. The first-order valence-corrected chi connectivity index (χ1v) is 8.57. The topological polar surface area (TPSA) is 127 Å². The van der Waals surface area contributed by atoms with Crippen molar-refractivity contribution < 1.29 is 28.5 Å². The average molecular weight is 362 g/mol. The Morgan fingerprint density at radius 3 is 2.24 bits per heavy atom. The number of carboxylic acids is 1. The number of phenols is 1. The summed E-state index contributed by atoms with van der Waals surface area (Å²) in [6.45, 7) is 0. The molecule has 1 aliphatic heterocycles. The van der Waals surface area contributed by atoms with E-state index in [-0.39, 0.29) is 17.9 Å². The molecular weight excluding hydrogens is 348 g/mol. The molecule has 3 rings (SSSR count). The minimum atomic E-state index is -4.02. The van der Waals surface area contributed by atoms with Gasteiger partial charge in [0.25, 0.3) is 0 Å². The normalized spacial score (nSPS) is 15.5. The molecule has 2 aromatic carbocycles. The van der Waals surface area contributed by atoms with Gasteiger partial charge in [0.2, 0.25) is 5.88 Å². The lowest BCUT2D eigenvalue weighted by atomic mass is 10.0. The molecule has 1 heterocycles. The molecular formula is C16H14N2O6S. The van der Waals surface area contributed by atoms with Crippen LogP contribution in [-0.2, 0) is 21.4 Å². The first-order chi connectivity index (χ1) is 11.8.